The number of rotatable bonds is 2. The lowest BCUT2D eigenvalue weighted by atomic mass is 10.0. The van der Waals surface area contributed by atoms with Crippen LogP contribution in [-0.4, -0.2) is 41.4 Å². The maximum absolute atomic E-state index is 12.7. The van der Waals surface area contributed by atoms with E-state index < -0.39 is 29.8 Å². The minimum atomic E-state index is -4.86. The second-order valence-electron chi connectivity index (χ2n) is 5.21. The number of likely N-dealkylation sites (N-methyl/N-ethyl adjacent to an activating group) is 1. The Morgan fingerprint density at radius 3 is 1.86 bits per heavy atom. The molecule has 1 atom stereocenters. The molecule has 1 aromatic rings. The van der Waals surface area contributed by atoms with Gasteiger partial charge in [0.25, 0.3) is 0 Å². The van der Waals surface area contributed by atoms with Gasteiger partial charge in [0.05, 0.1) is 11.1 Å². The van der Waals surface area contributed by atoms with Gasteiger partial charge in [-0.3, -0.25) is 9.80 Å². The van der Waals surface area contributed by atoms with Crippen LogP contribution in [-0.2, 0) is 18.9 Å². The van der Waals surface area contributed by atoms with Crippen LogP contribution in [0.25, 0.3) is 0 Å². The number of aliphatic hydroxyl groups is 1. The number of hydrogen-bond acceptors (Lipinski definition) is 3. The van der Waals surface area contributed by atoms with Gasteiger partial charge < -0.3 is 5.11 Å². The second kappa shape index (κ2) is 5.71. The minimum Gasteiger partial charge on any atom is -0.365 e. The van der Waals surface area contributed by atoms with Gasteiger partial charge in [0, 0.05) is 19.6 Å². The van der Waals surface area contributed by atoms with Crippen LogP contribution in [0.3, 0.4) is 0 Å². The summed E-state index contributed by atoms with van der Waals surface area (Å²) in [6, 6.07) is 1.45. The predicted octanol–water partition coefficient (Wildman–Crippen LogP) is 2.75. The Bertz CT molecular complexity index is 510. The summed E-state index contributed by atoms with van der Waals surface area (Å²) < 4.78 is 76.5. The average molecular weight is 328 g/mol. The lowest BCUT2D eigenvalue weighted by Gasteiger charge is -2.23. The van der Waals surface area contributed by atoms with Gasteiger partial charge in [-0.05, 0) is 30.8 Å². The SMILES string of the molecule is CN1CCN(Cc2cc(C(F)(F)F)cc(C(F)(F)F)c2)C1O. The molecule has 1 heterocycles. The Balaban J connectivity index is 2.34. The van der Waals surface area contributed by atoms with Crippen LogP contribution in [0, 0.1) is 0 Å². The molecular formula is C13H14F6N2O. The van der Waals surface area contributed by atoms with Crippen LogP contribution in [0.5, 0.6) is 0 Å². The molecule has 0 aromatic heterocycles. The maximum atomic E-state index is 12.7. The van der Waals surface area contributed by atoms with Crippen molar-refractivity contribution in [2.75, 3.05) is 20.1 Å². The van der Waals surface area contributed by atoms with Crippen molar-refractivity contribution >= 4 is 0 Å². The Hall–Kier alpha value is -1.32. The molecule has 22 heavy (non-hydrogen) atoms. The Kier molecular flexibility index (Phi) is 4.42. The lowest BCUT2D eigenvalue weighted by molar-refractivity contribution is -0.143. The highest BCUT2D eigenvalue weighted by molar-refractivity contribution is 5.33. The summed E-state index contributed by atoms with van der Waals surface area (Å²) in [7, 11) is 1.61. The molecule has 0 spiro atoms. The van der Waals surface area contributed by atoms with Crippen LogP contribution in [0.2, 0.25) is 0 Å². The van der Waals surface area contributed by atoms with Gasteiger partial charge in [-0.15, -0.1) is 0 Å². The third-order valence-corrected chi connectivity index (χ3v) is 3.49. The molecule has 2 rings (SSSR count). The number of hydrogen-bond donors (Lipinski definition) is 1. The standard InChI is InChI=1S/C13H14F6N2O/c1-20-2-3-21(11(20)22)7-8-4-9(12(14,15)16)6-10(5-8)13(17,18)19/h4-6,11,22H,2-3,7H2,1H3. The number of aliphatic hydroxyl groups excluding tert-OH is 1. The molecule has 0 amide bonds. The summed E-state index contributed by atoms with van der Waals surface area (Å²) in [4.78, 5) is 2.94. The molecule has 1 unspecified atom stereocenters. The van der Waals surface area contributed by atoms with E-state index in [0.717, 1.165) is 0 Å². The highest BCUT2D eigenvalue weighted by atomic mass is 19.4. The first kappa shape index (κ1) is 17.0. The molecule has 124 valence electrons. The molecule has 9 heteroatoms. The first-order valence-electron chi connectivity index (χ1n) is 6.39. The van der Waals surface area contributed by atoms with Crippen molar-refractivity contribution in [2.45, 2.75) is 25.2 Å². The molecule has 0 saturated carbocycles. The highest BCUT2D eigenvalue weighted by Gasteiger charge is 2.37. The Labute approximate surface area is 122 Å². The van der Waals surface area contributed by atoms with E-state index in [1.54, 1.807) is 7.05 Å². The summed E-state index contributed by atoms with van der Waals surface area (Å²) in [5.74, 6) is 0. The minimum absolute atomic E-state index is 0.0933. The summed E-state index contributed by atoms with van der Waals surface area (Å²) in [6.45, 7) is 0.639. The van der Waals surface area contributed by atoms with E-state index in [4.69, 9.17) is 0 Å². The lowest BCUT2D eigenvalue weighted by Crippen LogP contribution is -2.36. The molecule has 3 nitrogen and oxygen atoms in total. The van der Waals surface area contributed by atoms with E-state index in [2.05, 4.69) is 0 Å². The molecule has 1 aliphatic heterocycles. The van der Waals surface area contributed by atoms with E-state index in [0.29, 0.717) is 25.2 Å². The first-order valence-corrected chi connectivity index (χ1v) is 6.39. The van der Waals surface area contributed by atoms with Crippen LogP contribution >= 0.6 is 0 Å². The Morgan fingerprint density at radius 1 is 1.00 bits per heavy atom. The van der Waals surface area contributed by atoms with Crippen molar-refractivity contribution in [1.29, 1.82) is 0 Å². The summed E-state index contributed by atoms with van der Waals surface area (Å²) >= 11 is 0. The third kappa shape index (κ3) is 3.71. The normalized spacial score (nSPS) is 21.5. The highest BCUT2D eigenvalue weighted by Crippen LogP contribution is 2.36. The van der Waals surface area contributed by atoms with E-state index >= 15 is 0 Å². The number of alkyl halides is 6. The monoisotopic (exact) mass is 328 g/mol. The van der Waals surface area contributed by atoms with E-state index in [1.807, 2.05) is 0 Å². The molecule has 1 saturated heterocycles. The fourth-order valence-electron chi connectivity index (χ4n) is 2.30. The largest absolute Gasteiger partial charge is 0.416 e. The summed E-state index contributed by atoms with van der Waals surface area (Å²) in [5.41, 5.74) is -2.84. The van der Waals surface area contributed by atoms with Crippen molar-refractivity contribution in [1.82, 2.24) is 9.80 Å². The van der Waals surface area contributed by atoms with Crippen molar-refractivity contribution < 1.29 is 31.4 Å². The van der Waals surface area contributed by atoms with Crippen LogP contribution < -0.4 is 0 Å². The number of halogens is 6. The van der Waals surface area contributed by atoms with Crippen molar-refractivity contribution in [3.63, 3.8) is 0 Å². The van der Waals surface area contributed by atoms with Crippen molar-refractivity contribution in [3.05, 3.63) is 34.9 Å². The van der Waals surface area contributed by atoms with Gasteiger partial charge >= 0.3 is 12.4 Å². The molecule has 1 fully saturated rings. The molecular weight excluding hydrogens is 314 g/mol. The molecule has 1 N–H and O–H groups in total. The van der Waals surface area contributed by atoms with E-state index in [-0.39, 0.29) is 18.2 Å². The summed E-state index contributed by atoms with van der Waals surface area (Å²) in [6.07, 6.45) is -10.8. The topological polar surface area (TPSA) is 26.7 Å². The number of benzene rings is 1. The summed E-state index contributed by atoms with van der Waals surface area (Å²) in [5, 5.41) is 9.78. The van der Waals surface area contributed by atoms with Crippen LogP contribution in [0.4, 0.5) is 26.3 Å². The van der Waals surface area contributed by atoms with Crippen LogP contribution in [0.1, 0.15) is 16.7 Å². The quantitative estimate of drug-likeness (QED) is 0.846. The average Bonchev–Trinajstić information content (AvgIpc) is 2.68. The van der Waals surface area contributed by atoms with Gasteiger partial charge in [0.15, 0.2) is 6.35 Å². The zero-order valence-electron chi connectivity index (χ0n) is 11.5. The van der Waals surface area contributed by atoms with Gasteiger partial charge in [0.1, 0.15) is 0 Å². The van der Waals surface area contributed by atoms with Gasteiger partial charge in [-0.1, -0.05) is 0 Å². The van der Waals surface area contributed by atoms with Crippen LogP contribution in [0.15, 0.2) is 18.2 Å². The smallest absolute Gasteiger partial charge is 0.365 e. The van der Waals surface area contributed by atoms with Crippen molar-refractivity contribution in [3.8, 4) is 0 Å². The molecule has 1 aliphatic rings. The zero-order valence-corrected chi connectivity index (χ0v) is 11.5. The molecule has 0 aliphatic carbocycles. The molecule has 1 aromatic carbocycles. The zero-order chi connectivity index (χ0) is 16.7. The maximum Gasteiger partial charge on any atom is 0.416 e. The molecule has 0 bridgehead atoms. The second-order valence-corrected chi connectivity index (χ2v) is 5.21. The van der Waals surface area contributed by atoms with Gasteiger partial charge in [0.2, 0.25) is 0 Å². The van der Waals surface area contributed by atoms with Crippen molar-refractivity contribution in [2.24, 2.45) is 0 Å². The fraction of sp³-hybridized carbons (Fsp3) is 0.538. The predicted molar refractivity (Wildman–Crippen MR) is 65.5 cm³/mol. The van der Waals surface area contributed by atoms with E-state index in [9.17, 15) is 31.4 Å². The van der Waals surface area contributed by atoms with Gasteiger partial charge in [-0.2, -0.15) is 26.3 Å². The Morgan fingerprint density at radius 2 is 1.50 bits per heavy atom. The first-order chi connectivity index (χ1) is 9.98. The molecule has 0 radical (unpaired) electrons. The van der Waals surface area contributed by atoms with Gasteiger partial charge in [-0.25, -0.2) is 0 Å². The van der Waals surface area contributed by atoms with E-state index in [1.165, 1.54) is 9.80 Å². The third-order valence-electron chi connectivity index (χ3n) is 3.49. The number of nitrogens with zero attached hydrogens (tertiary/aromatic N) is 2. The fourth-order valence-corrected chi connectivity index (χ4v) is 2.30.